The average Bonchev–Trinajstić information content (AvgIpc) is 2.29. The topological polar surface area (TPSA) is 38.0 Å². The lowest BCUT2D eigenvalue weighted by Gasteiger charge is -2.13. The maximum Gasteiger partial charge on any atom is 0.148 e. The number of rotatable bonds is 2. The number of hydrogen-bond acceptors (Lipinski definition) is 2. The van der Waals surface area contributed by atoms with Gasteiger partial charge in [-0.15, -0.1) is 0 Å². The van der Waals surface area contributed by atoms with E-state index < -0.39 is 0 Å². The fourth-order valence-corrected chi connectivity index (χ4v) is 1.69. The van der Waals surface area contributed by atoms with Crippen molar-refractivity contribution in [1.29, 1.82) is 0 Å². The summed E-state index contributed by atoms with van der Waals surface area (Å²) >= 11 is 0. The van der Waals surface area contributed by atoms with E-state index in [4.69, 9.17) is 5.73 Å². The highest BCUT2D eigenvalue weighted by Gasteiger charge is 2.08. The van der Waals surface area contributed by atoms with Crippen molar-refractivity contribution in [3.63, 3.8) is 0 Å². The maximum absolute atomic E-state index is 13.6. The van der Waals surface area contributed by atoms with Crippen LogP contribution in [-0.2, 0) is 0 Å². The molecule has 2 rings (SSSR count). The zero-order valence-electron chi connectivity index (χ0n) is 9.92. The Morgan fingerprint density at radius 1 is 1.06 bits per heavy atom. The number of para-hydroxylation sites is 1. The van der Waals surface area contributed by atoms with Crippen LogP contribution in [0.15, 0.2) is 36.4 Å². The Kier molecular flexibility index (Phi) is 3.00. The van der Waals surface area contributed by atoms with Gasteiger partial charge in [-0.3, -0.25) is 0 Å². The number of aryl methyl sites for hydroxylation is 1. The summed E-state index contributed by atoms with van der Waals surface area (Å²) < 4.78 is 13.6. The van der Waals surface area contributed by atoms with Gasteiger partial charge in [-0.2, -0.15) is 0 Å². The van der Waals surface area contributed by atoms with Crippen molar-refractivity contribution < 1.29 is 4.39 Å². The summed E-state index contributed by atoms with van der Waals surface area (Å²) in [5, 5.41) is 3.05. The molecule has 0 amide bonds. The molecular weight excluding hydrogens is 215 g/mol. The van der Waals surface area contributed by atoms with E-state index in [0.29, 0.717) is 11.4 Å². The molecule has 0 aliphatic heterocycles. The molecule has 0 aromatic heterocycles. The highest BCUT2D eigenvalue weighted by atomic mass is 19.1. The van der Waals surface area contributed by atoms with E-state index in [1.54, 1.807) is 12.1 Å². The van der Waals surface area contributed by atoms with Gasteiger partial charge < -0.3 is 11.1 Å². The molecule has 0 saturated carbocycles. The van der Waals surface area contributed by atoms with Crippen molar-refractivity contribution >= 4 is 17.1 Å². The second-order valence-corrected chi connectivity index (χ2v) is 4.08. The van der Waals surface area contributed by atoms with Gasteiger partial charge in [-0.1, -0.05) is 18.2 Å². The largest absolute Gasteiger partial charge is 0.397 e. The predicted octanol–water partition coefficient (Wildman–Crippen LogP) is 3.77. The SMILES string of the molecule is Cc1cccc(Nc2c(N)cccc2F)c1C. The smallest absolute Gasteiger partial charge is 0.148 e. The number of halogens is 1. The first-order valence-electron chi connectivity index (χ1n) is 5.47. The molecule has 3 heteroatoms. The van der Waals surface area contributed by atoms with Crippen LogP contribution in [0.25, 0.3) is 0 Å². The van der Waals surface area contributed by atoms with Gasteiger partial charge in [-0.25, -0.2) is 4.39 Å². The lowest BCUT2D eigenvalue weighted by atomic mass is 10.1. The Hall–Kier alpha value is -2.03. The zero-order chi connectivity index (χ0) is 12.4. The lowest BCUT2D eigenvalue weighted by molar-refractivity contribution is 0.632. The molecule has 0 radical (unpaired) electrons. The normalized spacial score (nSPS) is 10.3. The number of nitrogens with two attached hydrogens (primary N) is 1. The Morgan fingerprint density at radius 2 is 1.76 bits per heavy atom. The van der Waals surface area contributed by atoms with Gasteiger partial charge in [0.25, 0.3) is 0 Å². The standard InChI is InChI=1S/C14H15FN2/c1-9-5-3-8-13(10(9)2)17-14-11(15)6-4-7-12(14)16/h3-8,17H,16H2,1-2H3. The second kappa shape index (κ2) is 4.45. The van der Waals surface area contributed by atoms with Gasteiger partial charge in [0.05, 0.1) is 11.4 Å². The third-order valence-corrected chi connectivity index (χ3v) is 2.91. The van der Waals surface area contributed by atoms with Crippen molar-refractivity contribution in [2.24, 2.45) is 0 Å². The number of anilines is 3. The van der Waals surface area contributed by atoms with Crippen LogP contribution in [0.3, 0.4) is 0 Å². The van der Waals surface area contributed by atoms with E-state index in [1.807, 2.05) is 32.0 Å². The highest BCUT2D eigenvalue weighted by molar-refractivity contribution is 5.74. The molecule has 0 fully saturated rings. The summed E-state index contributed by atoms with van der Waals surface area (Å²) in [4.78, 5) is 0. The van der Waals surface area contributed by atoms with Crippen LogP contribution in [0.4, 0.5) is 21.5 Å². The Labute approximate surface area is 100 Å². The Morgan fingerprint density at radius 3 is 2.47 bits per heavy atom. The van der Waals surface area contributed by atoms with Crippen molar-refractivity contribution in [2.75, 3.05) is 11.1 Å². The minimum atomic E-state index is -0.342. The van der Waals surface area contributed by atoms with Crippen LogP contribution in [-0.4, -0.2) is 0 Å². The molecule has 3 N–H and O–H groups in total. The molecular formula is C14H15FN2. The minimum Gasteiger partial charge on any atom is -0.397 e. The minimum absolute atomic E-state index is 0.334. The van der Waals surface area contributed by atoms with E-state index in [0.717, 1.165) is 16.8 Å². The van der Waals surface area contributed by atoms with Crippen molar-refractivity contribution in [3.05, 3.63) is 53.3 Å². The van der Waals surface area contributed by atoms with Crippen LogP contribution >= 0.6 is 0 Å². The Balaban J connectivity index is 2.42. The molecule has 0 saturated heterocycles. The van der Waals surface area contributed by atoms with Crippen molar-refractivity contribution in [1.82, 2.24) is 0 Å². The van der Waals surface area contributed by atoms with Crippen molar-refractivity contribution in [2.45, 2.75) is 13.8 Å². The van der Waals surface area contributed by atoms with E-state index in [1.165, 1.54) is 6.07 Å². The first kappa shape index (κ1) is 11.5. The summed E-state index contributed by atoms with van der Waals surface area (Å²) in [6, 6.07) is 10.5. The molecule has 88 valence electrons. The van der Waals surface area contributed by atoms with Crippen LogP contribution in [0, 0.1) is 19.7 Å². The fraction of sp³-hybridized carbons (Fsp3) is 0.143. The summed E-state index contributed by atoms with van der Waals surface area (Å²) in [6.07, 6.45) is 0. The van der Waals surface area contributed by atoms with E-state index >= 15 is 0 Å². The van der Waals surface area contributed by atoms with E-state index in [2.05, 4.69) is 5.32 Å². The third-order valence-electron chi connectivity index (χ3n) is 2.91. The number of nitrogen functional groups attached to an aromatic ring is 1. The molecule has 0 aliphatic carbocycles. The van der Waals surface area contributed by atoms with Gasteiger partial charge in [-0.05, 0) is 43.2 Å². The average molecular weight is 230 g/mol. The molecule has 17 heavy (non-hydrogen) atoms. The first-order valence-corrected chi connectivity index (χ1v) is 5.47. The molecule has 2 aromatic carbocycles. The summed E-state index contributed by atoms with van der Waals surface area (Å²) in [7, 11) is 0. The lowest BCUT2D eigenvalue weighted by Crippen LogP contribution is -2.01. The van der Waals surface area contributed by atoms with Crippen molar-refractivity contribution in [3.8, 4) is 0 Å². The van der Waals surface area contributed by atoms with Gasteiger partial charge >= 0.3 is 0 Å². The van der Waals surface area contributed by atoms with Crippen LogP contribution in [0.5, 0.6) is 0 Å². The molecule has 0 aliphatic rings. The van der Waals surface area contributed by atoms with E-state index in [9.17, 15) is 4.39 Å². The van der Waals surface area contributed by atoms with Gasteiger partial charge in [0, 0.05) is 5.69 Å². The summed E-state index contributed by atoms with van der Waals surface area (Å²) in [6.45, 7) is 4.01. The molecule has 0 spiro atoms. The molecule has 2 nitrogen and oxygen atoms in total. The van der Waals surface area contributed by atoms with Crippen LogP contribution in [0.1, 0.15) is 11.1 Å². The molecule has 0 atom stereocenters. The second-order valence-electron chi connectivity index (χ2n) is 4.08. The highest BCUT2D eigenvalue weighted by Crippen LogP contribution is 2.28. The Bertz CT molecular complexity index is 530. The summed E-state index contributed by atoms with van der Waals surface area (Å²) in [5.74, 6) is -0.342. The quantitative estimate of drug-likeness (QED) is 0.771. The maximum atomic E-state index is 13.6. The molecule has 0 heterocycles. The third kappa shape index (κ3) is 2.23. The van der Waals surface area contributed by atoms with Gasteiger partial charge in [0.1, 0.15) is 5.82 Å². The zero-order valence-corrected chi connectivity index (χ0v) is 9.92. The number of hydrogen-bond donors (Lipinski definition) is 2. The number of benzene rings is 2. The van der Waals surface area contributed by atoms with Gasteiger partial charge in [0.2, 0.25) is 0 Å². The van der Waals surface area contributed by atoms with Crippen LogP contribution < -0.4 is 11.1 Å². The monoisotopic (exact) mass is 230 g/mol. The predicted molar refractivity (Wildman–Crippen MR) is 70.0 cm³/mol. The fourth-order valence-electron chi connectivity index (χ4n) is 1.69. The van der Waals surface area contributed by atoms with E-state index in [-0.39, 0.29) is 5.82 Å². The van der Waals surface area contributed by atoms with Gasteiger partial charge in [0.15, 0.2) is 0 Å². The first-order chi connectivity index (χ1) is 8.09. The molecule has 2 aromatic rings. The summed E-state index contributed by atoms with van der Waals surface area (Å²) in [5.41, 5.74) is 9.62. The molecule has 0 unspecified atom stereocenters. The molecule has 0 bridgehead atoms. The number of nitrogens with one attached hydrogen (secondary N) is 1. The van der Waals surface area contributed by atoms with Crippen LogP contribution in [0.2, 0.25) is 0 Å².